The second kappa shape index (κ2) is 7.68. The quantitative estimate of drug-likeness (QED) is 0.872. The van der Waals surface area contributed by atoms with Gasteiger partial charge < -0.3 is 10.4 Å². The van der Waals surface area contributed by atoms with Crippen LogP contribution in [-0.2, 0) is 4.79 Å². The number of hydrogen-bond acceptors (Lipinski definition) is 4. The van der Waals surface area contributed by atoms with E-state index in [9.17, 15) is 9.90 Å². The zero-order chi connectivity index (χ0) is 17.0. The van der Waals surface area contributed by atoms with Crippen LogP contribution >= 0.6 is 11.8 Å². The molecule has 23 heavy (non-hydrogen) atoms. The van der Waals surface area contributed by atoms with Crippen LogP contribution in [0.1, 0.15) is 37.8 Å². The van der Waals surface area contributed by atoms with Crippen LogP contribution in [0.4, 0.5) is 5.69 Å². The Morgan fingerprint density at radius 2 is 1.96 bits per heavy atom. The van der Waals surface area contributed by atoms with Gasteiger partial charge in [0.25, 0.3) is 5.91 Å². The van der Waals surface area contributed by atoms with E-state index in [0.29, 0.717) is 16.4 Å². The summed E-state index contributed by atoms with van der Waals surface area (Å²) in [5.41, 5.74) is 3.53. The lowest BCUT2D eigenvalue weighted by atomic mass is 10.1. The molecule has 1 aliphatic heterocycles. The van der Waals surface area contributed by atoms with Crippen molar-refractivity contribution in [1.29, 1.82) is 0 Å². The minimum Gasteiger partial charge on any atom is -0.510 e. The molecule has 3 rings (SSSR count). The third kappa shape index (κ3) is 4.38. The molecular formula is C18H24N2O2S. The molecule has 0 atom stereocenters. The second-order valence-corrected chi connectivity index (χ2v) is 6.51. The van der Waals surface area contributed by atoms with Crippen LogP contribution in [0.15, 0.2) is 34.5 Å². The predicted molar refractivity (Wildman–Crippen MR) is 97.6 cm³/mol. The Kier molecular flexibility index (Phi) is 5.88. The van der Waals surface area contributed by atoms with Gasteiger partial charge in [-0.15, -0.1) is 0 Å². The van der Waals surface area contributed by atoms with E-state index in [-0.39, 0.29) is 17.7 Å². The Morgan fingerprint density at radius 3 is 2.57 bits per heavy atom. The van der Waals surface area contributed by atoms with Crippen LogP contribution in [0.25, 0.3) is 0 Å². The van der Waals surface area contributed by atoms with Crippen molar-refractivity contribution in [1.82, 2.24) is 5.32 Å². The van der Waals surface area contributed by atoms with Gasteiger partial charge in [-0.05, 0) is 49.9 Å². The SMILES string of the molecule is CC.Cc1ccc(N=C2SCC(O)=C2C(=O)NC2CC2)cc1C. The Morgan fingerprint density at radius 1 is 1.26 bits per heavy atom. The van der Waals surface area contributed by atoms with Crippen molar-refractivity contribution in [3.63, 3.8) is 0 Å². The molecule has 1 aliphatic carbocycles. The van der Waals surface area contributed by atoms with Crippen molar-refractivity contribution in [2.24, 2.45) is 4.99 Å². The first-order valence-electron chi connectivity index (χ1n) is 8.06. The summed E-state index contributed by atoms with van der Waals surface area (Å²) in [5.74, 6) is 0.334. The lowest BCUT2D eigenvalue weighted by Crippen LogP contribution is -2.29. The summed E-state index contributed by atoms with van der Waals surface area (Å²) in [6, 6.07) is 6.21. The van der Waals surface area contributed by atoms with Gasteiger partial charge in [0.05, 0.1) is 11.4 Å². The summed E-state index contributed by atoms with van der Waals surface area (Å²) in [6.07, 6.45) is 2.05. The van der Waals surface area contributed by atoms with Crippen LogP contribution < -0.4 is 5.32 Å². The number of aliphatic imine (C=N–C) groups is 1. The number of aryl methyl sites for hydroxylation is 2. The molecule has 1 aromatic rings. The van der Waals surface area contributed by atoms with Crippen molar-refractivity contribution in [3.8, 4) is 0 Å². The Balaban J connectivity index is 0.000000924. The Hall–Kier alpha value is -1.75. The average Bonchev–Trinajstić information content (AvgIpc) is 3.27. The molecule has 1 aromatic carbocycles. The molecule has 1 fully saturated rings. The van der Waals surface area contributed by atoms with Gasteiger partial charge in [0.15, 0.2) is 0 Å². The molecule has 1 saturated carbocycles. The van der Waals surface area contributed by atoms with E-state index in [1.54, 1.807) is 0 Å². The van der Waals surface area contributed by atoms with Crippen LogP contribution in [0, 0.1) is 13.8 Å². The van der Waals surface area contributed by atoms with E-state index in [1.165, 1.54) is 17.3 Å². The fraction of sp³-hybridized carbons (Fsp3) is 0.444. The number of thioether (sulfide) groups is 1. The molecule has 4 nitrogen and oxygen atoms in total. The first-order chi connectivity index (χ1) is 11.0. The molecule has 2 aliphatic rings. The van der Waals surface area contributed by atoms with Gasteiger partial charge in [-0.3, -0.25) is 4.79 Å². The van der Waals surface area contributed by atoms with Crippen LogP contribution in [-0.4, -0.2) is 27.9 Å². The highest BCUT2D eigenvalue weighted by molar-refractivity contribution is 8.15. The Labute approximate surface area is 142 Å². The van der Waals surface area contributed by atoms with Gasteiger partial charge in [0, 0.05) is 6.04 Å². The zero-order valence-corrected chi connectivity index (χ0v) is 15.0. The number of amides is 1. The van der Waals surface area contributed by atoms with Crippen molar-refractivity contribution < 1.29 is 9.90 Å². The smallest absolute Gasteiger partial charge is 0.257 e. The number of nitrogens with zero attached hydrogens (tertiary/aromatic N) is 1. The van der Waals surface area contributed by atoms with Crippen molar-refractivity contribution >= 4 is 28.4 Å². The topological polar surface area (TPSA) is 61.7 Å². The van der Waals surface area contributed by atoms with Gasteiger partial charge in [-0.25, -0.2) is 4.99 Å². The number of carbonyl (C=O) groups excluding carboxylic acids is 1. The normalized spacial score (nSPS) is 18.7. The van der Waals surface area contributed by atoms with E-state index in [4.69, 9.17) is 0 Å². The predicted octanol–water partition coefficient (Wildman–Crippen LogP) is 4.20. The number of rotatable bonds is 3. The number of nitrogens with one attached hydrogen (secondary N) is 1. The molecule has 2 N–H and O–H groups in total. The first kappa shape index (κ1) is 17.6. The van der Waals surface area contributed by atoms with E-state index in [2.05, 4.69) is 17.2 Å². The number of benzene rings is 1. The third-order valence-electron chi connectivity index (χ3n) is 3.71. The highest BCUT2D eigenvalue weighted by atomic mass is 32.2. The summed E-state index contributed by atoms with van der Waals surface area (Å²) >= 11 is 1.40. The number of carbonyl (C=O) groups is 1. The summed E-state index contributed by atoms with van der Waals surface area (Å²) in [4.78, 5) is 16.7. The summed E-state index contributed by atoms with van der Waals surface area (Å²) in [5, 5.41) is 13.5. The lowest BCUT2D eigenvalue weighted by Gasteiger charge is -2.06. The van der Waals surface area contributed by atoms with Gasteiger partial charge >= 0.3 is 0 Å². The van der Waals surface area contributed by atoms with Gasteiger partial charge in [0.1, 0.15) is 16.4 Å². The maximum Gasteiger partial charge on any atom is 0.257 e. The molecule has 1 heterocycles. The molecule has 0 radical (unpaired) electrons. The number of hydrogen-bond donors (Lipinski definition) is 2. The number of aliphatic hydroxyl groups is 1. The van der Waals surface area contributed by atoms with E-state index >= 15 is 0 Å². The van der Waals surface area contributed by atoms with Crippen LogP contribution in [0.5, 0.6) is 0 Å². The van der Waals surface area contributed by atoms with Crippen molar-refractivity contribution in [2.45, 2.75) is 46.6 Å². The highest BCUT2D eigenvalue weighted by Crippen LogP contribution is 2.30. The standard InChI is InChI=1S/C16H18N2O2S.C2H6/c1-9-3-4-12(7-10(9)2)18-16-14(13(19)8-21-16)15(20)17-11-5-6-11;1-2/h3-4,7,11,19H,5-6,8H2,1-2H3,(H,17,20);1-2H3. The maximum absolute atomic E-state index is 12.2. The van der Waals surface area contributed by atoms with Gasteiger partial charge in [-0.1, -0.05) is 31.7 Å². The molecule has 124 valence electrons. The lowest BCUT2D eigenvalue weighted by molar-refractivity contribution is -0.117. The van der Waals surface area contributed by atoms with Crippen molar-refractivity contribution in [3.05, 3.63) is 40.7 Å². The van der Waals surface area contributed by atoms with Crippen LogP contribution in [0.2, 0.25) is 0 Å². The molecule has 0 spiro atoms. The van der Waals surface area contributed by atoms with Gasteiger partial charge in [-0.2, -0.15) is 0 Å². The monoisotopic (exact) mass is 332 g/mol. The fourth-order valence-electron chi connectivity index (χ4n) is 2.12. The number of aliphatic hydroxyl groups excluding tert-OH is 1. The molecule has 0 unspecified atom stereocenters. The minimum absolute atomic E-state index is 0.126. The third-order valence-corrected chi connectivity index (χ3v) is 4.70. The fourth-order valence-corrected chi connectivity index (χ4v) is 3.06. The molecule has 5 heteroatoms. The molecule has 0 saturated heterocycles. The summed E-state index contributed by atoms with van der Waals surface area (Å²) in [7, 11) is 0. The first-order valence-corrected chi connectivity index (χ1v) is 9.05. The largest absolute Gasteiger partial charge is 0.510 e. The highest BCUT2D eigenvalue weighted by Gasteiger charge is 2.32. The maximum atomic E-state index is 12.2. The Bertz CT molecular complexity index is 661. The minimum atomic E-state index is -0.206. The zero-order valence-electron chi connectivity index (χ0n) is 14.1. The molecular weight excluding hydrogens is 308 g/mol. The van der Waals surface area contributed by atoms with E-state index in [0.717, 1.165) is 24.1 Å². The van der Waals surface area contributed by atoms with Gasteiger partial charge in [0.2, 0.25) is 0 Å². The average molecular weight is 332 g/mol. The molecule has 1 amide bonds. The second-order valence-electron chi connectivity index (χ2n) is 5.54. The van der Waals surface area contributed by atoms with E-state index < -0.39 is 0 Å². The van der Waals surface area contributed by atoms with Crippen molar-refractivity contribution in [2.75, 3.05) is 5.75 Å². The summed E-state index contributed by atoms with van der Waals surface area (Å²) < 4.78 is 0. The van der Waals surface area contributed by atoms with E-state index in [1.807, 2.05) is 39.0 Å². The molecule has 0 aromatic heterocycles. The molecule has 0 bridgehead atoms. The van der Waals surface area contributed by atoms with Crippen LogP contribution in [0.3, 0.4) is 0 Å². The summed E-state index contributed by atoms with van der Waals surface area (Å²) in [6.45, 7) is 8.09.